The lowest BCUT2D eigenvalue weighted by atomic mass is 10.1. The van der Waals surface area contributed by atoms with E-state index in [1.165, 1.54) is 29.7 Å². The minimum atomic E-state index is 0.399. The van der Waals surface area contributed by atoms with E-state index in [2.05, 4.69) is 5.32 Å². The van der Waals surface area contributed by atoms with Gasteiger partial charge in [-0.05, 0) is 31.9 Å². The van der Waals surface area contributed by atoms with Crippen LogP contribution in [0.4, 0.5) is 0 Å². The summed E-state index contributed by atoms with van der Waals surface area (Å²) in [5.74, 6) is 0.758. The molecule has 1 atom stereocenters. The van der Waals surface area contributed by atoms with Crippen LogP contribution in [0.5, 0.6) is 0 Å². The van der Waals surface area contributed by atoms with Crippen molar-refractivity contribution in [3.8, 4) is 0 Å². The van der Waals surface area contributed by atoms with Gasteiger partial charge in [-0.15, -0.1) is 11.3 Å². The number of nitrogens with one attached hydrogen (secondary N) is 1. The standard InChI is InChI=1S/C9H11Cl2NS/c1-12-8(5-2-3-5)6-4-7(10)13-9(6)11/h4-5,8,12H,2-3H2,1H3. The summed E-state index contributed by atoms with van der Waals surface area (Å²) in [6.45, 7) is 0. The molecule has 1 aliphatic rings. The number of hydrogen-bond donors (Lipinski definition) is 1. The molecule has 13 heavy (non-hydrogen) atoms. The summed E-state index contributed by atoms with van der Waals surface area (Å²) in [5.41, 5.74) is 1.17. The first-order valence-corrected chi connectivity index (χ1v) is 5.91. The molecule has 1 saturated carbocycles. The summed E-state index contributed by atoms with van der Waals surface area (Å²) in [7, 11) is 1.98. The maximum Gasteiger partial charge on any atom is 0.0992 e. The molecule has 0 saturated heterocycles. The van der Waals surface area contributed by atoms with Crippen molar-refractivity contribution in [3.05, 3.63) is 20.3 Å². The lowest BCUT2D eigenvalue weighted by Gasteiger charge is -2.13. The minimum Gasteiger partial charge on any atom is -0.313 e. The van der Waals surface area contributed by atoms with Crippen molar-refractivity contribution in [2.45, 2.75) is 18.9 Å². The van der Waals surface area contributed by atoms with Crippen LogP contribution in [0.1, 0.15) is 24.4 Å². The van der Waals surface area contributed by atoms with E-state index in [9.17, 15) is 0 Å². The van der Waals surface area contributed by atoms with Crippen molar-refractivity contribution < 1.29 is 0 Å². The number of hydrogen-bond acceptors (Lipinski definition) is 2. The molecule has 1 aromatic heterocycles. The van der Waals surface area contributed by atoms with Gasteiger partial charge in [0.25, 0.3) is 0 Å². The Bertz CT molecular complexity index is 307. The molecule has 0 bridgehead atoms. The average Bonchev–Trinajstić information content (AvgIpc) is 2.82. The lowest BCUT2D eigenvalue weighted by Crippen LogP contribution is -2.17. The Morgan fingerprint density at radius 3 is 2.62 bits per heavy atom. The molecule has 1 N–H and O–H groups in total. The average molecular weight is 236 g/mol. The van der Waals surface area contributed by atoms with Gasteiger partial charge in [0, 0.05) is 11.6 Å². The van der Waals surface area contributed by atoms with Gasteiger partial charge < -0.3 is 5.32 Å². The first-order chi connectivity index (χ1) is 6.22. The van der Waals surface area contributed by atoms with Crippen molar-refractivity contribution >= 4 is 34.5 Å². The van der Waals surface area contributed by atoms with Gasteiger partial charge in [0.15, 0.2) is 0 Å². The van der Waals surface area contributed by atoms with Crippen molar-refractivity contribution in [2.24, 2.45) is 5.92 Å². The van der Waals surface area contributed by atoms with Crippen LogP contribution in [0.15, 0.2) is 6.07 Å². The Kier molecular flexibility index (Phi) is 2.84. The van der Waals surface area contributed by atoms with Crippen molar-refractivity contribution in [2.75, 3.05) is 7.05 Å². The Morgan fingerprint density at radius 1 is 1.54 bits per heavy atom. The zero-order valence-electron chi connectivity index (χ0n) is 7.31. The first kappa shape index (κ1) is 9.78. The second-order valence-corrected chi connectivity index (χ2v) is 5.67. The Morgan fingerprint density at radius 2 is 2.23 bits per heavy atom. The quantitative estimate of drug-likeness (QED) is 0.843. The highest BCUT2D eigenvalue weighted by Gasteiger charge is 2.33. The van der Waals surface area contributed by atoms with E-state index in [1.807, 2.05) is 13.1 Å². The summed E-state index contributed by atoms with van der Waals surface area (Å²) in [5, 5.41) is 3.30. The van der Waals surface area contributed by atoms with Crippen molar-refractivity contribution in [3.63, 3.8) is 0 Å². The fraction of sp³-hybridized carbons (Fsp3) is 0.556. The van der Waals surface area contributed by atoms with E-state index in [-0.39, 0.29) is 0 Å². The summed E-state index contributed by atoms with van der Waals surface area (Å²) in [6, 6.07) is 2.38. The summed E-state index contributed by atoms with van der Waals surface area (Å²) < 4.78 is 1.61. The highest BCUT2D eigenvalue weighted by molar-refractivity contribution is 7.20. The monoisotopic (exact) mass is 235 g/mol. The maximum absolute atomic E-state index is 6.08. The van der Waals surface area contributed by atoms with Crippen LogP contribution in [-0.4, -0.2) is 7.05 Å². The highest BCUT2D eigenvalue weighted by Crippen LogP contribution is 2.45. The summed E-state index contributed by atoms with van der Waals surface area (Å²) in [6.07, 6.45) is 2.60. The molecule has 72 valence electrons. The summed E-state index contributed by atoms with van der Waals surface area (Å²) in [4.78, 5) is 0. The van der Waals surface area contributed by atoms with E-state index in [4.69, 9.17) is 23.2 Å². The van der Waals surface area contributed by atoms with Gasteiger partial charge in [-0.2, -0.15) is 0 Å². The number of thiophene rings is 1. The third kappa shape index (κ3) is 2.01. The molecule has 1 heterocycles. The number of rotatable bonds is 3. The van der Waals surface area contributed by atoms with E-state index >= 15 is 0 Å². The third-order valence-electron chi connectivity index (χ3n) is 2.42. The van der Waals surface area contributed by atoms with Crippen LogP contribution in [-0.2, 0) is 0 Å². The van der Waals surface area contributed by atoms with Crippen LogP contribution in [0.3, 0.4) is 0 Å². The molecule has 1 nitrogen and oxygen atoms in total. The van der Waals surface area contributed by atoms with Gasteiger partial charge in [-0.25, -0.2) is 0 Å². The predicted octanol–water partition coefficient (Wildman–Crippen LogP) is 3.73. The van der Waals surface area contributed by atoms with Gasteiger partial charge in [0.1, 0.15) is 0 Å². The Balaban J connectivity index is 2.25. The normalized spacial score (nSPS) is 19.0. The van der Waals surface area contributed by atoms with Crippen molar-refractivity contribution in [1.82, 2.24) is 5.32 Å². The highest BCUT2D eigenvalue weighted by atomic mass is 35.5. The molecule has 1 fully saturated rings. The Labute approximate surface area is 92.0 Å². The largest absolute Gasteiger partial charge is 0.313 e. The fourth-order valence-corrected chi connectivity index (χ4v) is 3.19. The zero-order valence-corrected chi connectivity index (χ0v) is 9.64. The molecule has 1 aliphatic carbocycles. The maximum atomic E-state index is 6.08. The van der Waals surface area contributed by atoms with Crippen molar-refractivity contribution in [1.29, 1.82) is 0 Å². The smallest absolute Gasteiger partial charge is 0.0992 e. The molecule has 1 aromatic rings. The molecule has 0 radical (unpaired) electrons. The van der Waals surface area contributed by atoms with Crippen LogP contribution in [0, 0.1) is 5.92 Å². The SMILES string of the molecule is CNC(c1cc(Cl)sc1Cl)C1CC1. The van der Waals surface area contributed by atoms with Gasteiger partial charge in [-0.3, -0.25) is 0 Å². The van der Waals surface area contributed by atoms with Gasteiger partial charge >= 0.3 is 0 Å². The fourth-order valence-electron chi connectivity index (χ4n) is 1.64. The van der Waals surface area contributed by atoms with Gasteiger partial charge in [-0.1, -0.05) is 23.2 Å². The molecule has 0 spiro atoms. The molecule has 1 unspecified atom stereocenters. The number of halogens is 2. The first-order valence-electron chi connectivity index (χ1n) is 4.34. The Hall–Kier alpha value is 0.240. The second-order valence-electron chi connectivity index (χ2n) is 3.38. The van der Waals surface area contributed by atoms with Crippen LogP contribution in [0.2, 0.25) is 8.67 Å². The molecule has 2 rings (SSSR count). The van der Waals surface area contributed by atoms with Crippen LogP contribution in [0.25, 0.3) is 0 Å². The van der Waals surface area contributed by atoms with E-state index in [1.54, 1.807) is 0 Å². The zero-order chi connectivity index (χ0) is 9.42. The third-order valence-corrected chi connectivity index (χ3v) is 3.94. The van der Waals surface area contributed by atoms with Crippen LogP contribution >= 0.6 is 34.5 Å². The topological polar surface area (TPSA) is 12.0 Å². The molecule has 0 amide bonds. The van der Waals surface area contributed by atoms with E-state index in [0.29, 0.717) is 6.04 Å². The minimum absolute atomic E-state index is 0.399. The molecule has 4 heteroatoms. The molecular formula is C9H11Cl2NS. The predicted molar refractivity (Wildman–Crippen MR) is 58.9 cm³/mol. The van der Waals surface area contributed by atoms with Gasteiger partial charge in [0.05, 0.1) is 8.67 Å². The second kappa shape index (κ2) is 3.77. The van der Waals surface area contributed by atoms with E-state index in [0.717, 1.165) is 14.6 Å². The summed E-state index contributed by atoms with van der Waals surface area (Å²) >= 11 is 13.4. The molecule has 0 aliphatic heterocycles. The molecular weight excluding hydrogens is 225 g/mol. The van der Waals surface area contributed by atoms with Crippen LogP contribution < -0.4 is 5.32 Å². The van der Waals surface area contributed by atoms with E-state index < -0.39 is 0 Å². The lowest BCUT2D eigenvalue weighted by molar-refractivity contribution is 0.530. The molecule has 0 aromatic carbocycles. The van der Waals surface area contributed by atoms with Gasteiger partial charge in [0.2, 0.25) is 0 Å².